The van der Waals surface area contributed by atoms with Gasteiger partial charge in [0.15, 0.2) is 6.61 Å². The molecular formula is C17H18N2O4. The summed E-state index contributed by atoms with van der Waals surface area (Å²) in [5, 5.41) is 23.0. The summed E-state index contributed by atoms with van der Waals surface area (Å²) in [5.74, 6) is 0.178. The van der Waals surface area contributed by atoms with Crippen molar-refractivity contribution in [2.45, 2.75) is 13.8 Å². The van der Waals surface area contributed by atoms with E-state index in [9.17, 15) is 15.0 Å². The molecule has 0 bridgehead atoms. The smallest absolute Gasteiger partial charge is 0.277 e. The number of ether oxygens (including phenoxy) is 1. The highest BCUT2D eigenvalue weighted by molar-refractivity contribution is 6.01. The third-order valence-electron chi connectivity index (χ3n) is 3.17. The second-order valence-corrected chi connectivity index (χ2v) is 4.99. The zero-order chi connectivity index (χ0) is 16.8. The number of rotatable bonds is 5. The largest absolute Gasteiger partial charge is 0.508 e. The van der Waals surface area contributed by atoms with Crippen LogP contribution in [0.25, 0.3) is 0 Å². The molecule has 0 heterocycles. The number of hydrogen-bond donors (Lipinski definition) is 3. The van der Waals surface area contributed by atoms with Gasteiger partial charge in [-0.2, -0.15) is 5.10 Å². The number of nitrogens with one attached hydrogen (secondary N) is 1. The lowest BCUT2D eigenvalue weighted by atomic mass is 10.1. The molecule has 2 aromatic rings. The molecule has 0 unspecified atom stereocenters. The van der Waals surface area contributed by atoms with E-state index in [0.29, 0.717) is 17.0 Å². The molecule has 0 aliphatic carbocycles. The molecule has 2 rings (SSSR count). The van der Waals surface area contributed by atoms with Crippen molar-refractivity contribution in [2.75, 3.05) is 6.61 Å². The first-order valence-corrected chi connectivity index (χ1v) is 7.01. The average Bonchev–Trinajstić information content (AvgIpc) is 2.54. The summed E-state index contributed by atoms with van der Waals surface area (Å²) in [6, 6.07) is 11.5. The van der Waals surface area contributed by atoms with Gasteiger partial charge in [-0.1, -0.05) is 18.2 Å². The molecule has 6 nitrogen and oxygen atoms in total. The third-order valence-corrected chi connectivity index (χ3v) is 3.17. The monoisotopic (exact) mass is 314 g/mol. The van der Waals surface area contributed by atoms with E-state index in [1.165, 1.54) is 18.2 Å². The number of aromatic hydroxyl groups is 2. The number of carbonyl (C=O) groups excluding carboxylic acids is 1. The number of hydrogen-bond acceptors (Lipinski definition) is 5. The summed E-state index contributed by atoms with van der Waals surface area (Å²) in [5.41, 5.74) is 3.99. The van der Waals surface area contributed by atoms with Crippen molar-refractivity contribution in [2.24, 2.45) is 5.10 Å². The molecular weight excluding hydrogens is 296 g/mol. The molecule has 0 atom stereocenters. The summed E-state index contributed by atoms with van der Waals surface area (Å²) in [7, 11) is 0. The van der Waals surface area contributed by atoms with Crippen LogP contribution in [0.4, 0.5) is 0 Å². The normalized spacial score (nSPS) is 11.1. The van der Waals surface area contributed by atoms with Crippen LogP contribution in [0.5, 0.6) is 17.2 Å². The number of amides is 1. The molecule has 0 spiro atoms. The van der Waals surface area contributed by atoms with Gasteiger partial charge in [0.25, 0.3) is 5.91 Å². The van der Waals surface area contributed by atoms with Crippen LogP contribution < -0.4 is 10.2 Å². The van der Waals surface area contributed by atoms with E-state index in [1.807, 2.05) is 25.1 Å². The molecule has 3 N–H and O–H groups in total. The maximum atomic E-state index is 11.8. The molecule has 6 heteroatoms. The van der Waals surface area contributed by atoms with E-state index < -0.39 is 5.91 Å². The number of benzene rings is 2. The van der Waals surface area contributed by atoms with Crippen LogP contribution in [-0.2, 0) is 4.79 Å². The summed E-state index contributed by atoms with van der Waals surface area (Å²) in [6.07, 6.45) is 0. The number of aryl methyl sites for hydroxylation is 1. The van der Waals surface area contributed by atoms with Gasteiger partial charge in [0.05, 0.1) is 5.71 Å². The number of nitrogens with zero attached hydrogens (tertiary/aromatic N) is 1. The lowest BCUT2D eigenvalue weighted by Crippen LogP contribution is -2.25. The highest BCUT2D eigenvalue weighted by Gasteiger charge is 2.08. The lowest BCUT2D eigenvalue weighted by molar-refractivity contribution is -0.123. The quantitative estimate of drug-likeness (QED) is 0.449. The SMILES string of the molecule is CC(=NNC(=O)COc1ccccc1C)c1cc(O)ccc1O. The number of phenols is 2. The van der Waals surface area contributed by atoms with E-state index >= 15 is 0 Å². The first-order valence-electron chi connectivity index (χ1n) is 7.01. The Morgan fingerprint density at radius 1 is 1.22 bits per heavy atom. The van der Waals surface area contributed by atoms with E-state index in [4.69, 9.17) is 4.74 Å². The molecule has 2 aromatic carbocycles. The van der Waals surface area contributed by atoms with Crippen molar-refractivity contribution < 1.29 is 19.7 Å². The minimum absolute atomic E-state index is 0.00145. The van der Waals surface area contributed by atoms with Crippen molar-refractivity contribution in [3.63, 3.8) is 0 Å². The molecule has 23 heavy (non-hydrogen) atoms. The Morgan fingerprint density at radius 2 is 1.96 bits per heavy atom. The van der Waals surface area contributed by atoms with Gasteiger partial charge in [-0.05, 0) is 43.7 Å². The van der Waals surface area contributed by atoms with Crippen LogP contribution >= 0.6 is 0 Å². The molecule has 120 valence electrons. The average molecular weight is 314 g/mol. The van der Waals surface area contributed by atoms with Gasteiger partial charge >= 0.3 is 0 Å². The number of hydrazone groups is 1. The summed E-state index contributed by atoms with van der Waals surface area (Å²) < 4.78 is 5.41. The first kappa shape index (κ1) is 16.4. The summed E-state index contributed by atoms with van der Waals surface area (Å²) in [4.78, 5) is 11.8. The zero-order valence-electron chi connectivity index (χ0n) is 12.9. The van der Waals surface area contributed by atoms with Gasteiger partial charge in [-0.3, -0.25) is 4.79 Å². The van der Waals surface area contributed by atoms with Gasteiger partial charge in [0, 0.05) is 5.56 Å². The van der Waals surface area contributed by atoms with Crippen LogP contribution in [0, 0.1) is 6.92 Å². The minimum Gasteiger partial charge on any atom is -0.508 e. The predicted octanol–water partition coefficient (Wildman–Crippen LogP) is 2.33. The highest BCUT2D eigenvalue weighted by Crippen LogP contribution is 2.22. The van der Waals surface area contributed by atoms with Gasteiger partial charge in [-0.25, -0.2) is 5.43 Å². The predicted molar refractivity (Wildman–Crippen MR) is 86.8 cm³/mol. The van der Waals surface area contributed by atoms with Crippen LogP contribution in [0.2, 0.25) is 0 Å². The summed E-state index contributed by atoms with van der Waals surface area (Å²) in [6.45, 7) is 3.32. The van der Waals surface area contributed by atoms with E-state index in [1.54, 1.807) is 13.0 Å². The van der Waals surface area contributed by atoms with Gasteiger partial charge in [0.1, 0.15) is 17.2 Å². The summed E-state index contributed by atoms with van der Waals surface area (Å²) >= 11 is 0. The Hall–Kier alpha value is -3.02. The maximum Gasteiger partial charge on any atom is 0.277 e. The van der Waals surface area contributed by atoms with Crippen molar-refractivity contribution in [3.8, 4) is 17.2 Å². The minimum atomic E-state index is -0.424. The van der Waals surface area contributed by atoms with Crippen LogP contribution in [-0.4, -0.2) is 28.4 Å². The van der Waals surface area contributed by atoms with Crippen molar-refractivity contribution in [1.82, 2.24) is 5.43 Å². The number of para-hydroxylation sites is 1. The topological polar surface area (TPSA) is 91.2 Å². The number of carbonyl (C=O) groups is 1. The molecule has 0 aliphatic rings. The highest BCUT2D eigenvalue weighted by atomic mass is 16.5. The zero-order valence-corrected chi connectivity index (χ0v) is 12.9. The van der Waals surface area contributed by atoms with Crippen LogP contribution in [0.3, 0.4) is 0 Å². The third kappa shape index (κ3) is 4.47. The molecule has 0 aromatic heterocycles. The molecule has 0 aliphatic heterocycles. The maximum absolute atomic E-state index is 11.8. The van der Waals surface area contributed by atoms with Crippen LogP contribution in [0.1, 0.15) is 18.1 Å². The lowest BCUT2D eigenvalue weighted by Gasteiger charge is -2.08. The van der Waals surface area contributed by atoms with E-state index in [0.717, 1.165) is 5.56 Å². The van der Waals surface area contributed by atoms with E-state index in [2.05, 4.69) is 10.5 Å². The fourth-order valence-corrected chi connectivity index (χ4v) is 1.91. The first-order chi connectivity index (χ1) is 11.0. The van der Waals surface area contributed by atoms with Gasteiger partial charge in [-0.15, -0.1) is 0 Å². The molecule has 0 saturated heterocycles. The van der Waals surface area contributed by atoms with Crippen LogP contribution in [0.15, 0.2) is 47.6 Å². The molecule has 0 fully saturated rings. The molecule has 1 amide bonds. The second-order valence-electron chi connectivity index (χ2n) is 4.99. The fraction of sp³-hybridized carbons (Fsp3) is 0.176. The second kappa shape index (κ2) is 7.31. The molecule has 0 saturated carbocycles. The van der Waals surface area contributed by atoms with Gasteiger partial charge in [0.2, 0.25) is 0 Å². The van der Waals surface area contributed by atoms with Crippen molar-refractivity contribution >= 4 is 11.6 Å². The van der Waals surface area contributed by atoms with Crippen molar-refractivity contribution in [1.29, 1.82) is 0 Å². The fourth-order valence-electron chi connectivity index (χ4n) is 1.91. The Bertz CT molecular complexity index is 741. The Labute approximate surface area is 134 Å². The number of phenolic OH excluding ortho intramolecular Hbond substituents is 2. The standard InChI is InChI=1S/C17H18N2O4/c1-11-5-3-4-6-16(11)23-10-17(22)19-18-12(2)14-9-13(20)7-8-15(14)21/h3-9,20-21H,10H2,1-2H3,(H,19,22). The Kier molecular flexibility index (Phi) is 5.19. The molecule has 0 radical (unpaired) electrons. The Balaban J connectivity index is 1.95. The Morgan fingerprint density at radius 3 is 2.70 bits per heavy atom. The van der Waals surface area contributed by atoms with Gasteiger partial charge < -0.3 is 14.9 Å². The van der Waals surface area contributed by atoms with Crippen molar-refractivity contribution in [3.05, 3.63) is 53.6 Å². The van der Waals surface area contributed by atoms with E-state index in [-0.39, 0.29) is 18.1 Å².